The molecule has 9 nitrogen and oxygen atoms in total. The molecule has 156 valence electrons. The maximum atomic E-state index is 12.7. The SMILES string of the molecule is CS(=O)(=O)c1ccc2nc(NS(=O)(=O)c3ccc(N4C(=O)CCC4=O)cc3)sc2c1. The Balaban J connectivity index is 1.60. The van der Waals surface area contributed by atoms with Gasteiger partial charge in [0, 0.05) is 19.1 Å². The summed E-state index contributed by atoms with van der Waals surface area (Å²) >= 11 is 1.01. The summed E-state index contributed by atoms with van der Waals surface area (Å²) in [7, 11) is -7.37. The van der Waals surface area contributed by atoms with Gasteiger partial charge in [0.05, 0.1) is 25.7 Å². The highest BCUT2D eigenvalue weighted by Crippen LogP contribution is 2.30. The van der Waals surface area contributed by atoms with E-state index in [4.69, 9.17) is 0 Å². The van der Waals surface area contributed by atoms with Crippen molar-refractivity contribution in [2.45, 2.75) is 22.6 Å². The zero-order chi connectivity index (χ0) is 21.7. The van der Waals surface area contributed by atoms with Crippen LogP contribution in [0.5, 0.6) is 0 Å². The quantitative estimate of drug-likeness (QED) is 0.571. The van der Waals surface area contributed by atoms with Crippen LogP contribution in [0.4, 0.5) is 10.8 Å². The highest BCUT2D eigenvalue weighted by atomic mass is 32.2. The molecule has 4 rings (SSSR count). The summed E-state index contributed by atoms with van der Waals surface area (Å²) < 4.78 is 51.6. The minimum Gasteiger partial charge on any atom is -0.274 e. The maximum Gasteiger partial charge on any atom is 0.263 e. The number of amides is 2. The van der Waals surface area contributed by atoms with Crippen LogP contribution < -0.4 is 9.62 Å². The first kappa shape index (κ1) is 20.4. The number of carbonyl (C=O) groups excluding carboxylic acids is 2. The van der Waals surface area contributed by atoms with Gasteiger partial charge in [-0.05, 0) is 42.5 Å². The number of hydrogen-bond donors (Lipinski definition) is 1. The third-order valence-electron chi connectivity index (χ3n) is 4.47. The molecular weight excluding hydrogens is 450 g/mol. The van der Waals surface area contributed by atoms with Crippen LogP contribution in [-0.2, 0) is 29.4 Å². The standard InChI is InChI=1S/C18H15N3O6S3/c1-29(24,25)13-6-7-14-15(10-13)28-18(19-14)20-30(26,27)12-4-2-11(3-5-12)21-16(22)8-9-17(21)23/h2-7,10H,8-9H2,1H3,(H,19,20). The van der Waals surface area contributed by atoms with Crippen molar-refractivity contribution in [3.63, 3.8) is 0 Å². The van der Waals surface area contributed by atoms with Gasteiger partial charge in [-0.15, -0.1) is 0 Å². The number of carbonyl (C=O) groups is 2. The molecular formula is C18H15N3O6S3. The van der Waals surface area contributed by atoms with Gasteiger partial charge in [-0.3, -0.25) is 19.2 Å². The van der Waals surface area contributed by atoms with E-state index < -0.39 is 19.9 Å². The number of anilines is 2. The third kappa shape index (κ3) is 3.80. The molecule has 2 heterocycles. The summed E-state index contributed by atoms with van der Waals surface area (Å²) in [6.07, 6.45) is 1.37. The van der Waals surface area contributed by atoms with Crippen molar-refractivity contribution in [1.29, 1.82) is 0 Å². The van der Waals surface area contributed by atoms with Crippen LogP contribution in [0.3, 0.4) is 0 Å². The Morgan fingerprint density at radius 2 is 1.53 bits per heavy atom. The molecule has 30 heavy (non-hydrogen) atoms. The lowest BCUT2D eigenvalue weighted by Crippen LogP contribution is -2.28. The van der Waals surface area contributed by atoms with Crippen molar-refractivity contribution in [3.05, 3.63) is 42.5 Å². The van der Waals surface area contributed by atoms with Gasteiger partial charge in [0.1, 0.15) is 0 Å². The monoisotopic (exact) mass is 465 g/mol. The first-order valence-corrected chi connectivity index (χ1v) is 12.8. The van der Waals surface area contributed by atoms with E-state index in [0.29, 0.717) is 15.9 Å². The van der Waals surface area contributed by atoms with E-state index in [1.165, 1.54) is 42.5 Å². The van der Waals surface area contributed by atoms with Crippen LogP contribution in [-0.4, -0.2) is 39.9 Å². The zero-order valence-electron chi connectivity index (χ0n) is 15.5. The van der Waals surface area contributed by atoms with Crippen LogP contribution in [0.25, 0.3) is 10.2 Å². The summed E-state index contributed by atoms with van der Waals surface area (Å²) in [5, 5.41) is 0.0876. The predicted molar refractivity (Wildman–Crippen MR) is 112 cm³/mol. The first-order valence-electron chi connectivity index (χ1n) is 8.64. The Morgan fingerprint density at radius 1 is 0.933 bits per heavy atom. The number of nitrogens with zero attached hydrogens (tertiary/aromatic N) is 2. The molecule has 1 aromatic heterocycles. The molecule has 0 bridgehead atoms. The molecule has 0 radical (unpaired) electrons. The fourth-order valence-corrected chi connectivity index (χ4v) is 5.85. The highest BCUT2D eigenvalue weighted by Gasteiger charge is 2.30. The number of fused-ring (bicyclic) bond motifs is 1. The van der Waals surface area contributed by atoms with Gasteiger partial charge in [0.2, 0.25) is 11.8 Å². The third-order valence-corrected chi connectivity index (χ3v) is 7.99. The fraction of sp³-hybridized carbons (Fsp3) is 0.167. The van der Waals surface area contributed by atoms with Crippen molar-refractivity contribution >= 4 is 64.0 Å². The van der Waals surface area contributed by atoms with Crippen LogP contribution in [0.1, 0.15) is 12.8 Å². The molecule has 0 atom stereocenters. The van der Waals surface area contributed by atoms with E-state index in [1.807, 2.05) is 0 Å². The molecule has 1 N–H and O–H groups in total. The van der Waals surface area contributed by atoms with Crippen molar-refractivity contribution < 1.29 is 26.4 Å². The average molecular weight is 466 g/mol. The molecule has 0 unspecified atom stereocenters. The molecule has 1 aliphatic rings. The summed E-state index contributed by atoms with van der Waals surface area (Å²) in [5.41, 5.74) is 0.779. The molecule has 0 saturated carbocycles. The number of benzene rings is 2. The Hall–Kier alpha value is -2.83. The summed E-state index contributed by atoms with van der Waals surface area (Å²) in [6.45, 7) is 0. The lowest BCUT2D eigenvalue weighted by atomic mass is 10.3. The van der Waals surface area contributed by atoms with E-state index in [-0.39, 0.29) is 39.6 Å². The zero-order valence-corrected chi connectivity index (χ0v) is 18.0. The van der Waals surface area contributed by atoms with Gasteiger partial charge in [-0.2, -0.15) is 0 Å². The smallest absolute Gasteiger partial charge is 0.263 e. The van der Waals surface area contributed by atoms with E-state index in [9.17, 15) is 26.4 Å². The fourth-order valence-electron chi connectivity index (χ4n) is 2.99. The van der Waals surface area contributed by atoms with Crippen molar-refractivity contribution in [1.82, 2.24) is 4.98 Å². The lowest BCUT2D eigenvalue weighted by molar-refractivity contribution is -0.121. The van der Waals surface area contributed by atoms with E-state index in [1.54, 1.807) is 0 Å². The van der Waals surface area contributed by atoms with Crippen molar-refractivity contribution in [2.24, 2.45) is 0 Å². The van der Waals surface area contributed by atoms with E-state index in [0.717, 1.165) is 22.5 Å². The van der Waals surface area contributed by atoms with Gasteiger partial charge in [0.15, 0.2) is 15.0 Å². The number of thiazole rings is 1. The first-order chi connectivity index (χ1) is 14.0. The lowest BCUT2D eigenvalue weighted by Gasteiger charge is -2.14. The van der Waals surface area contributed by atoms with Crippen LogP contribution in [0, 0.1) is 0 Å². The highest BCUT2D eigenvalue weighted by molar-refractivity contribution is 7.93. The Morgan fingerprint density at radius 3 is 2.13 bits per heavy atom. The van der Waals surface area contributed by atoms with Crippen LogP contribution >= 0.6 is 11.3 Å². The van der Waals surface area contributed by atoms with Crippen LogP contribution in [0.15, 0.2) is 52.3 Å². The second kappa shape index (κ2) is 7.15. The molecule has 0 spiro atoms. The number of sulfone groups is 1. The van der Waals surface area contributed by atoms with E-state index in [2.05, 4.69) is 9.71 Å². The van der Waals surface area contributed by atoms with Gasteiger partial charge in [-0.1, -0.05) is 11.3 Å². The van der Waals surface area contributed by atoms with E-state index >= 15 is 0 Å². The largest absolute Gasteiger partial charge is 0.274 e. The Kier molecular flexibility index (Phi) is 4.87. The number of nitrogens with one attached hydrogen (secondary N) is 1. The molecule has 1 saturated heterocycles. The predicted octanol–water partition coefficient (Wildman–Crippen LogP) is 2.15. The van der Waals surface area contributed by atoms with Gasteiger partial charge >= 0.3 is 0 Å². The molecule has 1 aliphatic heterocycles. The number of aromatic nitrogens is 1. The molecule has 2 aromatic carbocycles. The van der Waals surface area contributed by atoms with Gasteiger partial charge in [-0.25, -0.2) is 21.8 Å². The number of imide groups is 1. The summed E-state index contributed by atoms with van der Waals surface area (Å²) in [5.74, 6) is -0.645. The maximum absolute atomic E-state index is 12.7. The topological polar surface area (TPSA) is 131 Å². The number of hydrogen-bond acceptors (Lipinski definition) is 8. The van der Waals surface area contributed by atoms with Crippen LogP contribution in [0.2, 0.25) is 0 Å². The van der Waals surface area contributed by atoms with Crippen molar-refractivity contribution in [3.8, 4) is 0 Å². The second-order valence-electron chi connectivity index (χ2n) is 6.64. The number of sulfonamides is 1. The second-order valence-corrected chi connectivity index (χ2v) is 11.4. The summed E-state index contributed by atoms with van der Waals surface area (Å²) in [6, 6.07) is 9.75. The van der Waals surface area contributed by atoms with Crippen molar-refractivity contribution in [2.75, 3.05) is 15.9 Å². The Labute approximate surface area is 176 Å². The summed E-state index contributed by atoms with van der Waals surface area (Å²) in [4.78, 5) is 28.9. The minimum atomic E-state index is -3.98. The molecule has 2 amide bonds. The Bertz CT molecular complexity index is 1380. The molecule has 3 aromatic rings. The number of rotatable bonds is 5. The average Bonchev–Trinajstić information content (AvgIpc) is 3.22. The normalized spacial score (nSPS) is 15.2. The molecule has 12 heteroatoms. The van der Waals surface area contributed by atoms with Gasteiger partial charge in [0.25, 0.3) is 10.0 Å². The molecule has 0 aliphatic carbocycles. The molecule has 1 fully saturated rings. The van der Waals surface area contributed by atoms with Gasteiger partial charge < -0.3 is 0 Å². The minimum absolute atomic E-state index is 0.0681.